The molecular weight excluding hydrogens is 152 g/mol. The molecule has 1 N–H and O–H groups in total. The van der Waals surface area contributed by atoms with Crippen LogP contribution in [-0.2, 0) is 0 Å². The van der Waals surface area contributed by atoms with Crippen molar-refractivity contribution in [2.75, 3.05) is 5.32 Å². The van der Waals surface area contributed by atoms with Gasteiger partial charge in [-0.3, -0.25) is 0 Å². The van der Waals surface area contributed by atoms with Crippen LogP contribution in [-0.4, -0.2) is 21.0 Å². The van der Waals surface area contributed by atoms with Crippen LogP contribution in [0.2, 0.25) is 0 Å². The number of aromatic nitrogens is 3. The Labute approximate surface area is 72.5 Å². The fourth-order valence-corrected chi connectivity index (χ4v) is 0.684. The molecule has 1 atom stereocenters. The van der Waals surface area contributed by atoms with Crippen molar-refractivity contribution < 1.29 is 0 Å². The zero-order valence-corrected chi connectivity index (χ0v) is 7.65. The van der Waals surface area contributed by atoms with Gasteiger partial charge in [0.2, 0.25) is 5.95 Å². The molecule has 0 bridgehead atoms. The van der Waals surface area contributed by atoms with Gasteiger partial charge in [-0.05, 0) is 12.8 Å². The monoisotopic (exact) mass is 166 g/mol. The number of nitrogens with zero attached hydrogens (tertiary/aromatic N) is 3. The van der Waals surface area contributed by atoms with E-state index in [9.17, 15) is 0 Å². The quantitative estimate of drug-likeness (QED) is 0.736. The first-order chi connectivity index (χ1) is 5.70. The first kappa shape index (κ1) is 8.90. The molecule has 1 heterocycles. The fraction of sp³-hybridized carbons (Fsp3) is 0.625. The third kappa shape index (κ3) is 2.45. The molecule has 66 valence electrons. The minimum atomic E-state index is 0.382. The SMILES string of the molecule is CC(C)C(C)Nc1ncncn1. The summed E-state index contributed by atoms with van der Waals surface area (Å²) in [6.07, 6.45) is 2.98. The fourth-order valence-electron chi connectivity index (χ4n) is 0.684. The van der Waals surface area contributed by atoms with E-state index in [0.717, 1.165) is 0 Å². The highest BCUT2D eigenvalue weighted by molar-refractivity contribution is 5.22. The lowest BCUT2D eigenvalue weighted by Gasteiger charge is -2.16. The molecular formula is C8H14N4. The number of rotatable bonds is 3. The summed E-state index contributed by atoms with van der Waals surface area (Å²) in [6, 6.07) is 0.382. The molecule has 0 saturated heterocycles. The molecule has 0 radical (unpaired) electrons. The largest absolute Gasteiger partial charge is 0.351 e. The van der Waals surface area contributed by atoms with Crippen LogP contribution >= 0.6 is 0 Å². The Morgan fingerprint density at radius 2 is 1.75 bits per heavy atom. The summed E-state index contributed by atoms with van der Waals surface area (Å²) in [5, 5.41) is 3.18. The molecule has 0 aliphatic heterocycles. The molecule has 12 heavy (non-hydrogen) atoms. The maximum absolute atomic E-state index is 3.97. The molecule has 0 aliphatic rings. The van der Waals surface area contributed by atoms with Crippen LogP contribution in [0.5, 0.6) is 0 Å². The molecule has 0 amide bonds. The van der Waals surface area contributed by atoms with Crippen LogP contribution in [0.3, 0.4) is 0 Å². The van der Waals surface area contributed by atoms with Gasteiger partial charge in [0.25, 0.3) is 0 Å². The molecule has 0 spiro atoms. The third-order valence-corrected chi connectivity index (χ3v) is 1.85. The molecule has 0 fully saturated rings. The number of hydrogen-bond acceptors (Lipinski definition) is 4. The summed E-state index contributed by atoms with van der Waals surface area (Å²) >= 11 is 0. The molecule has 4 heteroatoms. The van der Waals surface area contributed by atoms with E-state index in [-0.39, 0.29) is 0 Å². The van der Waals surface area contributed by atoms with E-state index >= 15 is 0 Å². The maximum atomic E-state index is 3.97. The van der Waals surface area contributed by atoms with Crippen molar-refractivity contribution in [3.05, 3.63) is 12.7 Å². The predicted molar refractivity (Wildman–Crippen MR) is 47.7 cm³/mol. The molecule has 1 aromatic heterocycles. The lowest BCUT2D eigenvalue weighted by molar-refractivity contribution is 0.556. The van der Waals surface area contributed by atoms with Crippen molar-refractivity contribution in [3.8, 4) is 0 Å². The molecule has 0 aromatic carbocycles. The molecule has 1 rings (SSSR count). The number of hydrogen-bond donors (Lipinski definition) is 1. The normalized spacial score (nSPS) is 13.0. The van der Waals surface area contributed by atoms with Gasteiger partial charge in [-0.1, -0.05) is 13.8 Å². The first-order valence-electron chi connectivity index (χ1n) is 4.08. The summed E-state index contributed by atoms with van der Waals surface area (Å²) in [5.41, 5.74) is 0. The van der Waals surface area contributed by atoms with Gasteiger partial charge in [0.05, 0.1) is 0 Å². The van der Waals surface area contributed by atoms with Gasteiger partial charge in [-0.2, -0.15) is 0 Å². The van der Waals surface area contributed by atoms with Gasteiger partial charge < -0.3 is 5.32 Å². The first-order valence-corrected chi connectivity index (χ1v) is 4.08. The van der Waals surface area contributed by atoms with Gasteiger partial charge in [0, 0.05) is 6.04 Å². The van der Waals surface area contributed by atoms with E-state index in [4.69, 9.17) is 0 Å². The average Bonchev–Trinajstić information content (AvgIpc) is 2.06. The van der Waals surface area contributed by atoms with Crippen molar-refractivity contribution in [1.29, 1.82) is 0 Å². The minimum absolute atomic E-state index is 0.382. The van der Waals surface area contributed by atoms with Gasteiger partial charge in [-0.25, -0.2) is 15.0 Å². The predicted octanol–water partition coefficient (Wildman–Crippen LogP) is 1.33. The molecule has 1 aromatic rings. The topological polar surface area (TPSA) is 50.7 Å². The summed E-state index contributed by atoms with van der Waals surface area (Å²) in [4.78, 5) is 11.7. The van der Waals surface area contributed by atoms with Gasteiger partial charge >= 0.3 is 0 Å². The van der Waals surface area contributed by atoms with Crippen LogP contribution in [0.15, 0.2) is 12.7 Å². The zero-order chi connectivity index (χ0) is 8.97. The number of anilines is 1. The van der Waals surface area contributed by atoms with Gasteiger partial charge in [0.15, 0.2) is 0 Å². The van der Waals surface area contributed by atoms with E-state index in [1.165, 1.54) is 12.7 Å². The lowest BCUT2D eigenvalue weighted by Crippen LogP contribution is -2.22. The maximum Gasteiger partial charge on any atom is 0.225 e. The zero-order valence-electron chi connectivity index (χ0n) is 7.65. The third-order valence-electron chi connectivity index (χ3n) is 1.85. The minimum Gasteiger partial charge on any atom is -0.351 e. The Hall–Kier alpha value is -1.19. The van der Waals surface area contributed by atoms with Crippen LogP contribution in [0.1, 0.15) is 20.8 Å². The molecule has 4 nitrogen and oxygen atoms in total. The smallest absolute Gasteiger partial charge is 0.225 e. The Morgan fingerprint density at radius 3 is 2.25 bits per heavy atom. The van der Waals surface area contributed by atoms with Gasteiger partial charge in [0.1, 0.15) is 12.7 Å². The van der Waals surface area contributed by atoms with E-state index in [2.05, 4.69) is 41.0 Å². The Morgan fingerprint density at radius 1 is 1.17 bits per heavy atom. The van der Waals surface area contributed by atoms with Crippen LogP contribution in [0.25, 0.3) is 0 Å². The highest BCUT2D eigenvalue weighted by atomic mass is 15.1. The van der Waals surface area contributed by atoms with Crippen molar-refractivity contribution in [1.82, 2.24) is 15.0 Å². The van der Waals surface area contributed by atoms with E-state index < -0.39 is 0 Å². The summed E-state index contributed by atoms with van der Waals surface area (Å²) in [7, 11) is 0. The Kier molecular flexibility index (Phi) is 2.96. The van der Waals surface area contributed by atoms with Crippen LogP contribution < -0.4 is 5.32 Å². The standard InChI is InChI=1S/C8H14N4/c1-6(2)7(3)12-8-10-4-9-5-11-8/h4-7H,1-3H3,(H,9,10,11,12). The highest BCUT2D eigenvalue weighted by Gasteiger charge is 2.06. The second-order valence-corrected chi connectivity index (χ2v) is 3.14. The molecule has 0 aliphatic carbocycles. The van der Waals surface area contributed by atoms with Crippen molar-refractivity contribution in [2.24, 2.45) is 5.92 Å². The van der Waals surface area contributed by atoms with Crippen molar-refractivity contribution in [2.45, 2.75) is 26.8 Å². The van der Waals surface area contributed by atoms with Crippen LogP contribution in [0.4, 0.5) is 5.95 Å². The average molecular weight is 166 g/mol. The van der Waals surface area contributed by atoms with Crippen molar-refractivity contribution in [3.63, 3.8) is 0 Å². The molecule has 1 unspecified atom stereocenters. The lowest BCUT2D eigenvalue weighted by atomic mass is 10.1. The second kappa shape index (κ2) is 3.99. The Bertz CT molecular complexity index is 222. The number of nitrogens with one attached hydrogen (secondary N) is 1. The van der Waals surface area contributed by atoms with Crippen molar-refractivity contribution >= 4 is 5.95 Å². The van der Waals surface area contributed by atoms with E-state index in [1.807, 2.05) is 0 Å². The van der Waals surface area contributed by atoms with E-state index in [1.54, 1.807) is 0 Å². The summed E-state index contributed by atoms with van der Waals surface area (Å²) < 4.78 is 0. The highest BCUT2D eigenvalue weighted by Crippen LogP contribution is 2.05. The Balaban J connectivity index is 2.53. The van der Waals surface area contributed by atoms with E-state index in [0.29, 0.717) is 17.9 Å². The second-order valence-electron chi connectivity index (χ2n) is 3.14. The summed E-state index contributed by atoms with van der Waals surface area (Å²) in [6.45, 7) is 6.41. The van der Waals surface area contributed by atoms with Crippen LogP contribution in [0, 0.1) is 5.92 Å². The molecule has 0 saturated carbocycles. The summed E-state index contributed by atoms with van der Waals surface area (Å²) in [5.74, 6) is 1.22. The van der Waals surface area contributed by atoms with Gasteiger partial charge in [-0.15, -0.1) is 0 Å².